The molecule has 1 aromatic rings. The van der Waals surface area contributed by atoms with Crippen molar-refractivity contribution in [3.05, 3.63) is 59.2 Å². The van der Waals surface area contributed by atoms with Gasteiger partial charge in [0.2, 0.25) is 0 Å². The largest absolute Gasteiger partial charge is 0.478 e. The van der Waals surface area contributed by atoms with Gasteiger partial charge in [-0.3, -0.25) is 0 Å². The lowest BCUT2D eigenvalue weighted by atomic mass is 9.66. The molecule has 5 nitrogen and oxygen atoms in total. The van der Waals surface area contributed by atoms with Crippen LogP contribution < -0.4 is 0 Å². The van der Waals surface area contributed by atoms with Crippen molar-refractivity contribution in [2.24, 2.45) is 17.8 Å². The number of carboxylic acid groups (broad SMARTS) is 2. The van der Waals surface area contributed by atoms with Gasteiger partial charge in [0.25, 0.3) is 0 Å². The summed E-state index contributed by atoms with van der Waals surface area (Å²) in [5.41, 5.74) is 1.79. The van der Waals surface area contributed by atoms with Gasteiger partial charge < -0.3 is 15.1 Å². The van der Waals surface area contributed by atoms with E-state index >= 15 is 0 Å². The minimum Gasteiger partial charge on any atom is -0.478 e. The Morgan fingerprint density at radius 2 is 1.92 bits per heavy atom. The van der Waals surface area contributed by atoms with Gasteiger partial charge in [-0.25, -0.2) is 9.59 Å². The highest BCUT2D eigenvalue weighted by atomic mass is 35.5. The molecule has 3 aliphatic rings. The summed E-state index contributed by atoms with van der Waals surface area (Å²) in [5, 5.41) is 16.5. The Kier molecular flexibility index (Phi) is 5.21. The van der Waals surface area contributed by atoms with E-state index in [1.165, 1.54) is 25.1 Å². The zero-order valence-corrected chi connectivity index (χ0v) is 15.3. The van der Waals surface area contributed by atoms with E-state index in [9.17, 15) is 9.59 Å². The average Bonchev–Trinajstić information content (AvgIpc) is 3.24. The Labute approximate surface area is 157 Å². The SMILES string of the molecule is CN1CC2C3C=CC(C3)C2(c2cccc(Cl)c2)C1.O=C(O)C=CC(=O)O. The van der Waals surface area contributed by atoms with Crippen LogP contribution in [-0.2, 0) is 15.0 Å². The number of hydrogen-bond donors (Lipinski definition) is 2. The number of hydrogen-bond acceptors (Lipinski definition) is 3. The Hall–Kier alpha value is -2.11. The first-order chi connectivity index (χ1) is 12.3. The molecule has 0 amide bonds. The number of likely N-dealkylation sites (N-methyl/N-ethyl adjacent to an activating group) is 1. The van der Waals surface area contributed by atoms with Crippen LogP contribution in [0.2, 0.25) is 5.02 Å². The maximum absolute atomic E-state index is 9.55. The second kappa shape index (κ2) is 7.25. The molecule has 1 saturated heterocycles. The van der Waals surface area contributed by atoms with Crippen LogP contribution in [0.1, 0.15) is 12.0 Å². The van der Waals surface area contributed by atoms with Crippen molar-refractivity contribution in [2.45, 2.75) is 11.8 Å². The quantitative estimate of drug-likeness (QED) is 0.627. The molecule has 26 heavy (non-hydrogen) atoms. The summed E-state index contributed by atoms with van der Waals surface area (Å²) in [6.45, 7) is 2.42. The second-order valence-corrected chi connectivity index (χ2v) is 7.69. The summed E-state index contributed by atoms with van der Waals surface area (Å²) < 4.78 is 0. The van der Waals surface area contributed by atoms with Crippen molar-refractivity contribution in [1.82, 2.24) is 4.90 Å². The van der Waals surface area contributed by atoms with Crippen molar-refractivity contribution in [3.8, 4) is 0 Å². The van der Waals surface area contributed by atoms with Gasteiger partial charge in [0.05, 0.1) is 0 Å². The van der Waals surface area contributed by atoms with Crippen molar-refractivity contribution in [2.75, 3.05) is 20.1 Å². The first kappa shape index (κ1) is 18.7. The number of aliphatic carboxylic acids is 2. The molecule has 1 heterocycles. The molecule has 2 N–H and O–H groups in total. The third-order valence-electron chi connectivity index (χ3n) is 5.73. The lowest BCUT2D eigenvalue weighted by Crippen LogP contribution is -2.39. The highest BCUT2D eigenvalue weighted by Gasteiger charge is 2.60. The topological polar surface area (TPSA) is 77.8 Å². The van der Waals surface area contributed by atoms with E-state index in [-0.39, 0.29) is 0 Å². The van der Waals surface area contributed by atoms with E-state index in [4.69, 9.17) is 21.8 Å². The van der Waals surface area contributed by atoms with Crippen LogP contribution in [0.25, 0.3) is 0 Å². The number of allylic oxidation sites excluding steroid dienone is 2. The summed E-state index contributed by atoms with van der Waals surface area (Å²) in [6.07, 6.45) is 7.38. The summed E-state index contributed by atoms with van der Waals surface area (Å²) in [7, 11) is 2.25. The number of benzene rings is 1. The van der Waals surface area contributed by atoms with Crippen molar-refractivity contribution in [1.29, 1.82) is 0 Å². The van der Waals surface area contributed by atoms with Gasteiger partial charge in [0, 0.05) is 35.7 Å². The average molecular weight is 376 g/mol. The van der Waals surface area contributed by atoms with Crippen LogP contribution in [-0.4, -0.2) is 47.2 Å². The van der Waals surface area contributed by atoms with Gasteiger partial charge in [0.15, 0.2) is 0 Å². The molecule has 6 heteroatoms. The van der Waals surface area contributed by atoms with Gasteiger partial charge in [-0.1, -0.05) is 35.9 Å². The minimum absolute atomic E-state index is 0.332. The highest BCUT2D eigenvalue weighted by Crippen LogP contribution is 2.60. The van der Waals surface area contributed by atoms with Crippen molar-refractivity contribution >= 4 is 23.5 Å². The fraction of sp³-hybridized carbons (Fsp3) is 0.400. The molecule has 4 rings (SSSR count). The second-order valence-electron chi connectivity index (χ2n) is 7.25. The van der Waals surface area contributed by atoms with Gasteiger partial charge in [-0.15, -0.1) is 0 Å². The molecule has 1 saturated carbocycles. The third kappa shape index (κ3) is 3.41. The molecule has 138 valence electrons. The smallest absolute Gasteiger partial charge is 0.328 e. The monoisotopic (exact) mass is 375 g/mol. The van der Waals surface area contributed by atoms with Crippen LogP contribution in [0.4, 0.5) is 0 Å². The maximum Gasteiger partial charge on any atom is 0.328 e. The molecule has 2 fully saturated rings. The van der Waals surface area contributed by atoms with Crippen LogP contribution in [0.5, 0.6) is 0 Å². The molecule has 1 aromatic carbocycles. The predicted molar refractivity (Wildman–Crippen MR) is 99.3 cm³/mol. The molecule has 0 radical (unpaired) electrons. The van der Waals surface area contributed by atoms with Crippen molar-refractivity contribution in [3.63, 3.8) is 0 Å². The van der Waals surface area contributed by atoms with Gasteiger partial charge in [-0.05, 0) is 48.9 Å². The first-order valence-electron chi connectivity index (χ1n) is 8.60. The number of likely N-dealkylation sites (tertiary alicyclic amines) is 1. The Morgan fingerprint density at radius 3 is 2.54 bits per heavy atom. The lowest BCUT2D eigenvalue weighted by Gasteiger charge is -2.37. The standard InChI is InChI=1S/C16H18ClN.C4H4O4/c1-18-9-15-11-5-6-13(7-11)16(15,10-18)12-3-2-4-14(17)8-12;5-3(6)1-2-4(7)8/h2-6,8,11,13,15H,7,9-10H2,1H3;1-2H,(H,5,6)(H,7,8). The summed E-state index contributed by atoms with van der Waals surface area (Å²) in [4.78, 5) is 21.6. The first-order valence-corrected chi connectivity index (χ1v) is 8.97. The molecule has 1 aliphatic heterocycles. The van der Waals surface area contributed by atoms with E-state index in [1.54, 1.807) is 0 Å². The summed E-state index contributed by atoms with van der Waals surface area (Å²) in [5.74, 6) is -0.217. The normalized spacial score (nSPS) is 31.7. The molecule has 2 aliphatic carbocycles. The van der Waals surface area contributed by atoms with Crippen LogP contribution in [0.15, 0.2) is 48.6 Å². The molecular formula is C20H22ClNO4. The summed E-state index contributed by atoms with van der Waals surface area (Å²) in [6, 6.07) is 8.57. The van der Waals surface area contributed by atoms with E-state index in [1.807, 2.05) is 6.07 Å². The molecule has 4 atom stereocenters. The number of fused-ring (bicyclic) bond motifs is 5. The number of rotatable bonds is 3. The molecule has 0 spiro atoms. The van der Waals surface area contributed by atoms with E-state index in [0.29, 0.717) is 17.6 Å². The fourth-order valence-electron chi connectivity index (χ4n) is 4.88. The van der Waals surface area contributed by atoms with Gasteiger partial charge in [-0.2, -0.15) is 0 Å². The number of carboxylic acids is 2. The molecule has 0 aromatic heterocycles. The third-order valence-corrected chi connectivity index (χ3v) is 5.96. The Morgan fingerprint density at radius 1 is 1.23 bits per heavy atom. The molecular weight excluding hydrogens is 354 g/mol. The number of carbonyl (C=O) groups is 2. The molecule has 4 unspecified atom stereocenters. The van der Waals surface area contributed by atoms with E-state index in [2.05, 4.69) is 42.3 Å². The fourth-order valence-corrected chi connectivity index (χ4v) is 5.07. The molecule has 2 bridgehead atoms. The number of halogens is 1. The van der Waals surface area contributed by atoms with Crippen LogP contribution in [0.3, 0.4) is 0 Å². The van der Waals surface area contributed by atoms with Crippen LogP contribution in [0, 0.1) is 17.8 Å². The number of nitrogens with zero attached hydrogens (tertiary/aromatic N) is 1. The van der Waals surface area contributed by atoms with Crippen molar-refractivity contribution < 1.29 is 19.8 Å². The lowest BCUT2D eigenvalue weighted by molar-refractivity contribution is -0.134. The van der Waals surface area contributed by atoms with Crippen LogP contribution >= 0.6 is 11.6 Å². The highest BCUT2D eigenvalue weighted by molar-refractivity contribution is 6.30. The Balaban J connectivity index is 0.000000211. The predicted octanol–water partition coefficient (Wildman–Crippen LogP) is 3.06. The zero-order valence-electron chi connectivity index (χ0n) is 14.5. The Bertz CT molecular complexity index is 759. The van der Waals surface area contributed by atoms with Gasteiger partial charge >= 0.3 is 11.9 Å². The summed E-state index contributed by atoms with van der Waals surface area (Å²) >= 11 is 6.22. The maximum atomic E-state index is 9.55. The van der Waals surface area contributed by atoms with E-state index in [0.717, 1.165) is 22.8 Å². The zero-order chi connectivity index (χ0) is 18.9. The van der Waals surface area contributed by atoms with Gasteiger partial charge in [0.1, 0.15) is 0 Å². The van der Waals surface area contributed by atoms with E-state index < -0.39 is 11.9 Å². The minimum atomic E-state index is -1.26.